The van der Waals surface area contributed by atoms with Gasteiger partial charge in [-0.25, -0.2) is 0 Å². The maximum absolute atomic E-state index is 12.0. The lowest BCUT2D eigenvalue weighted by Crippen LogP contribution is -2.50. The van der Waals surface area contributed by atoms with E-state index in [0.717, 1.165) is 66.2 Å². The Morgan fingerprint density at radius 1 is 0.917 bits per heavy atom. The van der Waals surface area contributed by atoms with Crippen LogP contribution in [0.15, 0.2) is 72.8 Å². The third-order valence-corrected chi connectivity index (χ3v) is 7.77. The van der Waals surface area contributed by atoms with Gasteiger partial charge in [0.05, 0.1) is 24.2 Å². The molecule has 5 heteroatoms. The van der Waals surface area contributed by atoms with Gasteiger partial charge < -0.3 is 24.1 Å². The number of benzene rings is 4. The van der Waals surface area contributed by atoms with Crippen LogP contribution in [0.1, 0.15) is 31.0 Å². The number of aromatic nitrogens is 2. The summed E-state index contributed by atoms with van der Waals surface area (Å²) >= 11 is 0. The Labute approximate surface area is 208 Å². The second kappa shape index (κ2) is 7.28. The van der Waals surface area contributed by atoms with Gasteiger partial charge in [0.2, 0.25) is 0 Å². The van der Waals surface area contributed by atoms with E-state index >= 15 is 0 Å². The Kier molecular flexibility index (Phi) is 4.31. The number of rotatable bonds is 2. The van der Waals surface area contributed by atoms with Crippen molar-refractivity contribution < 1.29 is 14.6 Å². The SMILES string of the molecule is COc1cc(C)cc2c3ccccc3n([C@@H]3c4c(ccc5c4[nH]c4ccccc45)OC(C)(C)[C@H]3O)c12. The molecule has 1 aliphatic rings. The number of nitrogens with one attached hydrogen (secondary N) is 1. The van der Waals surface area contributed by atoms with Crippen LogP contribution in [-0.2, 0) is 0 Å². The van der Waals surface area contributed by atoms with Gasteiger partial charge in [0, 0.05) is 38.1 Å². The van der Waals surface area contributed by atoms with E-state index in [0.29, 0.717) is 0 Å². The number of aliphatic hydroxyl groups excluding tert-OH is 1. The monoisotopic (exact) mass is 476 g/mol. The predicted octanol–water partition coefficient (Wildman–Crippen LogP) is 6.87. The summed E-state index contributed by atoms with van der Waals surface area (Å²) in [6.45, 7) is 6.00. The van der Waals surface area contributed by atoms with Crippen LogP contribution in [-0.4, -0.2) is 33.5 Å². The fourth-order valence-corrected chi connectivity index (χ4v) is 6.13. The molecule has 2 atom stereocenters. The third-order valence-electron chi connectivity index (χ3n) is 7.77. The van der Waals surface area contributed by atoms with E-state index in [1.54, 1.807) is 7.11 Å². The van der Waals surface area contributed by atoms with Gasteiger partial charge >= 0.3 is 0 Å². The molecule has 0 fully saturated rings. The summed E-state index contributed by atoms with van der Waals surface area (Å²) in [5.74, 6) is 1.58. The maximum Gasteiger partial charge on any atom is 0.143 e. The quantitative estimate of drug-likeness (QED) is 0.287. The van der Waals surface area contributed by atoms with E-state index in [1.165, 1.54) is 0 Å². The summed E-state index contributed by atoms with van der Waals surface area (Å²) in [5, 5.41) is 16.5. The number of aliphatic hydroxyl groups is 1. The molecule has 6 aromatic rings. The number of aryl methyl sites for hydroxylation is 1. The van der Waals surface area contributed by atoms with E-state index in [2.05, 4.69) is 77.1 Å². The number of hydrogen-bond donors (Lipinski definition) is 2. The summed E-state index contributed by atoms with van der Waals surface area (Å²) in [5.41, 5.74) is 5.38. The normalized spacial score (nSPS) is 19.1. The van der Waals surface area contributed by atoms with Crippen molar-refractivity contribution in [2.75, 3.05) is 7.11 Å². The number of H-pyrrole nitrogens is 1. The summed E-state index contributed by atoms with van der Waals surface area (Å²) < 4.78 is 14.7. The first-order chi connectivity index (χ1) is 17.4. The van der Waals surface area contributed by atoms with Gasteiger partial charge in [-0.05, 0) is 62.7 Å². The van der Waals surface area contributed by atoms with Crippen molar-refractivity contribution in [3.8, 4) is 11.5 Å². The number of ether oxygens (including phenoxy) is 2. The van der Waals surface area contributed by atoms with Crippen molar-refractivity contribution in [3.05, 3.63) is 83.9 Å². The average molecular weight is 477 g/mol. The van der Waals surface area contributed by atoms with E-state index < -0.39 is 17.7 Å². The highest BCUT2D eigenvalue weighted by molar-refractivity contribution is 6.12. The first-order valence-electron chi connectivity index (χ1n) is 12.4. The van der Waals surface area contributed by atoms with Crippen molar-refractivity contribution in [1.29, 1.82) is 0 Å². The minimum absolute atomic E-state index is 0.403. The molecule has 0 bridgehead atoms. The summed E-state index contributed by atoms with van der Waals surface area (Å²) in [6.07, 6.45) is -0.813. The molecule has 7 rings (SSSR count). The Hall–Kier alpha value is -3.96. The lowest BCUT2D eigenvalue weighted by molar-refractivity contribution is -0.0617. The van der Waals surface area contributed by atoms with Gasteiger partial charge in [0.1, 0.15) is 23.2 Å². The van der Waals surface area contributed by atoms with Gasteiger partial charge in [-0.15, -0.1) is 0 Å². The van der Waals surface area contributed by atoms with Crippen LogP contribution in [0.5, 0.6) is 11.5 Å². The van der Waals surface area contributed by atoms with Gasteiger partial charge in [0.25, 0.3) is 0 Å². The van der Waals surface area contributed by atoms with Crippen LogP contribution in [0.4, 0.5) is 0 Å². The van der Waals surface area contributed by atoms with Gasteiger partial charge in [0.15, 0.2) is 0 Å². The number of aromatic amines is 1. The Balaban J connectivity index is 1.67. The maximum atomic E-state index is 12.0. The zero-order valence-electron chi connectivity index (χ0n) is 20.8. The second-order valence-electron chi connectivity index (χ2n) is 10.4. The van der Waals surface area contributed by atoms with E-state index in [-0.39, 0.29) is 0 Å². The number of methoxy groups -OCH3 is 1. The lowest BCUT2D eigenvalue weighted by Gasteiger charge is -2.43. The predicted molar refractivity (Wildman–Crippen MR) is 145 cm³/mol. The number of fused-ring (bicyclic) bond motifs is 8. The van der Waals surface area contributed by atoms with Crippen molar-refractivity contribution in [2.45, 2.75) is 38.5 Å². The summed E-state index contributed by atoms with van der Waals surface area (Å²) in [4.78, 5) is 3.64. The molecule has 0 unspecified atom stereocenters. The van der Waals surface area contributed by atoms with Crippen LogP contribution < -0.4 is 9.47 Å². The average Bonchev–Trinajstić information content (AvgIpc) is 3.40. The first-order valence-corrected chi connectivity index (χ1v) is 12.4. The Morgan fingerprint density at radius 3 is 2.47 bits per heavy atom. The molecule has 4 aromatic carbocycles. The van der Waals surface area contributed by atoms with Gasteiger partial charge in [-0.1, -0.05) is 36.4 Å². The van der Waals surface area contributed by atoms with Crippen LogP contribution in [0.2, 0.25) is 0 Å². The molecule has 3 heterocycles. The van der Waals surface area contributed by atoms with E-state index in [4.69, 9.17) is 9.47 Å². The largest absolute Gasteiger partial charge is 0.495 e. The zero-order valence-corrected chi connectivity index (χ0v) is 20.8. The van der Waals surface area contributed by atoms with Crippen molar-refractivity contribution >= 4 is 43.6 Å². The molecule has 0 amide bonds. The topological polar surface area (TPSA) is 59.4 Å². The first kappa shape index (κ1) is 21.3. The molecule has 2 N–H and O–H groups in total. The molecule has 180 valence electrons. The minimum Gasteiger partial charge on any atom is -0.495 e. The molecule has 0 saturated carbocycles. The third kappa shape index (κ3) is 2.75. The van der Waals surface area contributed by atoms with Crippen LogP contribution >= 0.6 is 0 Å². The van der Waals surface area contributed by atoms with Crippen LogP contribution in [0.25, 0.3) is 43.6 Å². The van der Waals surface area contributed by atoms with Gasteiger partial charge in [-0.3, -0.25) is 0 Å². The number of nitrogens with zero attached hydrogens (tertiary/aromatic N) is 1. The highest BCUT2D eigenvalue weighted by atomic mass is 16.5. The van der Waals surface area contributed by atoms with Crippen molar-refractivity contribution in [1.82, 2.24) is 9.55 Å². The van der Waals surface area contributed by atoms with E-state index in [1.807, 2.05) is 26.0 Å². The second-order valence-corrected chi connectivity index (χ2v) is 10.4. The Bertz CT molecular complexity index is 1820. The molecule has 0 saturated heterocycles. The highest BCUT2D eigenvalue weighted by Gasteiger charge is 2.46. The zero-order chi connectivity index (χ0) is 24.8. The summed E-state index contributed by atoms with van der Waals surface area (Å²) in [6, 6.07) is 24.8. The highest BCUT2D eigenvalue weighted by Crippen LogP contribution is 2.50. The van der Waals surface area contributed by atoms with Gasteiger partial charge in [-0.2, -0.15) is 0 Å². The fraction of sp³-hybridized carbons (Fsp3) is 0.226. The van der Waals surface area contributed by atoms with Crippen LogP contribution in [0.3, 0.4) is 0 Å². The summed E-state index contributed by atoms with van der Waals surface area (Å²) in [7, 11) is 1.71. The molecule has 0 radical (unpaired) electrons. The molecule has 5 nitrogen and oxygen atoms in total. The van der Waals surface area contributed by atoms with Crippen molar-refractivity contribution in [2.24, 2.45) is 0 Å². The number of para-hydroxylation sites is 2. The lowest BCUT2D eigenvalue weighted by atomic mass is 9.85. The fourth-order valence-electron chi connectivity index (χ4n) is 6.13. The smallest absolute Gasteiger partial charge is 0.143 e. The van der Waals surface area contributed by atoms with Crippen LogP contribution in [0, 0.1) is 6.92 Å². The molecule has 2 aromatic heterocycles. The standard InChI is InChI=1S/C31H28N2O3/c1-17-15-21-19-10-6-8-12-23(19)33(28(21)25(16-17)35-4)29-26-24(36-31(2,3)30(29)34)14-13-20-18-9-5-7-11-22(18)32-27(20)26/h5-16,29-30,32,34H,1-4H3/t29-,30+/m1/s1. The van der Waals surface area contributed by atoms with E-state index in [9.17, 15) is 5.11 Å². The minimum atomic E-state index is -0.813. The van der Waals surface area contributed by atoms with Crippen molar-refractivity contribution in [3.63, 3.8) is 0 Å². The molecular weight excluding hydrogens is 448 g/mol. The molecule has 36 heavy (non-hydrogen) atoms. The molecule has 0 aliphatic carbocycles. The molecule has 1 aliphatic heterocycles. The molecule has 0 spiro atoms. The molecular formula is C31H28N2O3. The number of hydrogen-bond acceptors (Lipinski definition) is 3. The Morgan fingerprint density at radius 2 is 1.67 bits per heavy atom.